The number of nitrogens with zero attached hydrogens (tertiary/aromatic N) is 5. The number of benzene rings is 1. The van der Waals surface area contributed by atoms with Crippen LogP contribution >= 0.6 is 0 Å². The Hall–Kier alpha value is -3.04. The van der Waals surface area contributed by atoms with Gasteiger partial charge in [-0.15, -0.1) is 0 Å². The zero-order valence-electron chi connectivity index (χ0n) is 13.7. The van der Waals surface area contributed by atoms with E-state index in [0.29, 0.717) is 17.9 Å². The zero-order chi connectivity index (χ0) is 18.0. The fourth-order valence-electron chi connectivity index (χ4n) is 2.64. The molecule has 25 heavy (non-hydrogen) atoms. The van der Waals surface area contributed by atoms with Gasteiger partial charge < -0.3 is 21.7 Å². The van der Waals surface area contributed by atoms with Gasteiger partial charge in [-0.3, -0.25) is 4.57 Å². The summed E-state index contributed by atoms with van der Waals surface area (Å²) in [5.74, 6) is 0.426. The van der Waals surface area contributed by atoms with Crippen LogP contribution in [0.2, 0.25) is 0 Å². The molecule has 6 N–H and O–H groups in total. The Bertz CT molecular complexity index is 857. The molecule has 3 aromatic rings. The lowest BCUT2D eigenvalue weighted by molar-refractivity contribution is -0.0477. The van der Waals surface area contributed by atoms with Crippen LogP contribution in [0.1, 0.15) is 31.0 Å². The second-order valence-electron chi connectivity index (χ2n) is 5.44. The van der Waals surface area contributed by atoms with Crippen molar-refractivity contribution in [1.82, 2.24) is 24.5 Å². The van der Waals surface area contributed by atoms with Crippen LogP contribution in [0.25, 0.3) is 17.3 Å². The zero-order valence-corrected chi connectivity index (χ0v) is 13.7. The number of imidazole rings is 1. The molecule has 9 nitrogen and oxygen atoms in total. The molecule has 0 unspecified atom stereocenters. The summed E-state index contributed by atoms with van der Waals surface area (Å²) in [5.41, 5.74) is 12.9. The first-order valence-corrected chi connectivity index (χ1v) is 7.81. The molecule has 0 radical (unpaired) electrons. The number of aromatic nitrogens is 5. The molecule has 130 valence electrons. The summed E-state index contributed by atoms with van der Waals surface area (Å²) in [6.45, 7) is 1.98. The largest absolute Gasteiger partial charge is 0.368 e. The van der Waals surface area contributed by atoms with Crippen LogP contribution in [0.5, 0.6) is 0 Å². The molecule has 0 bridgehead atoms. The highest BCUT2D eigenvalue weighted by atomic mass is 16.5. The molecule has 9 heteroatoms. The van der Waals surface area contributed by atoms with Crippen LogP contribution < -0.4 is 11.5 Å². The van der Waals surface area contributed by atoms with Crippen molar-refractivity contribution in [3.63, 3.8) is 0 Å². The van der Waals surface area contributed by atoms with Crippen molar-refractivity contribution in [3.05, 3.63) is 41.7 Å². The third-order valence-corrected chi connectivity index (χ3v) is 3.61. The van der Waals surface area contributed by atoms with Crippen LogP contribution in [-0.4, -0.2) is 34.7 Å². The van der Waals surface area contributed by atoms with Gasteiger partial charge in [0.2, 0.25) is 17.8 Å². The number of aliphatic hydroxyl groups is 2. The Labute approximate surface area is 144 Å². The molecule has 2 heterocycles. The lowest BCUT2D eigenvalue weighted by atomic mass is 10.2. The average Bonchev–Trinajstić information content (AvgIpc) is 2.95. The first-order chi connectivity index (χ1) is 12.0. The third-order valence-electron chi connectivity index (χ3n) is 3.61. The fraction of sp³-hybridized carbons (Fsp3) is 0.250. The molecule has 3 rings (SSSR count). The van der Waals surface area contributed by atoms with E-state index in [2.05, 4.69) is 19.9 Å². The summed E-state index contributed by atoms with van der Waals surface area (Å²) in [7, 11) is 0. The molecule has 0 saturated heterocycles. The van der Waals surface area contributed by atoms with Crippen molar-refractivity contribution in [2.24, 2.45) is 0 Å². The molecule has 0 amide bonds. The SMILES string of the molecule is CCCc1nc(-c2ccccc2)n(-c2nc(N)nc(N)n2)c1C(O)O. The van der Waals surface area contributed by atoms with E-state index < -0.39 is 6.29 Å². The molecular formula is C16H19N7O2. The van der Waals surface area contributed by atoms with E-state index in [-0.39, 0.29) is 23.5 Å². The molecule has 2 aromatic heterocycles. The number of rotatable bonds is 5. The van der Waals surface area contributed by atoms with Gasteiger partial charge in [0.1, 0.15) is 11.5 Å². The number of hydrogen-bond donors (Lipinski definition) is 4. The Morgan fingerprint density at radius 1 is 1.00 bits per heavy atom. The Balaban J connectivity index is 2.33. The van der Waals surface area contributed by atoms with Gasteiger partial charge in [-0.1, -0.05) is 43.7 Å². The average molecular weight is 341 g/mol. The van der Waals surface area contributed by atoms with E-state index in [1.165, 1.54) is 4.57 Å². The van der Waals surface area contributed by atoms with Crippen molar-refractivity contribution in [1.29, 1.82) is 0 Å². The Morgan fingerprint density at radius 3 is 2.20 bits per heavy atom. The highest BCUT2D eigenvalue weighted by Gasteiger charge is 2.25. The molecule has 0 saturated carbocycles. The van der Waals surface area contributed by atoms with E-state index in [1.54, 1.807) is 0 Å². The van der Waals surface area contributed by atoms with E-state index in [1.807, 2.05) is 37.3 Å². The van der Waals surface area contributed by atoms with Gasteiger partial charge in [0.15, 0.2) is 6.29 Å². The van der Waals surface area contributed by atoms with E-state index in [9.17, 15) is 10.2 Å². The van der Waals surface area contributed by atoms with Crippen molar-refractivity contribution in [2.45, 2.75) is 26.1 Å². The van der Waals surface area contributed by atoms with Gasteiger partial charge in [-0.05, 0) is 6.42 Å². The predicted molar refractivity (Wildman–Crippen MR) is 92.4 cm³/mol. The minimum atomic E-state index is -1.76. The molecule has 0 aliphatic heterocycles. The summed E-state index contributed by atoms with van der Waals surface area (Å²) in [6.07, 6.45) is -0.409. The van der Waals surface area contributed by atoms with E-state index in [4.69, 9.17) is 11.5 Å². The van der Waals surface area contributed by atoms with Crippen LogP contribution in [0.3, 0.4) is 0 Å². The number of nitrogens with two attached hydrogens (primary N) is 2. The standard InChI is InChI=1S/C16H19N7O2/c1-2-6-10-11(13(24)25)23(16-21-14(17)20-15(18)22-16)12(19-10)9-7-4-3-5-8-9/h3-5,7-8,13,24-25H,2,6H2,1H3,(H4,17,18,20,21,22). The highest BCUT2D eigenvalue weighted by molar-refractivity contribution is 5.59. The molecular weight excluding hydrogens is 322 g/mol. The van der Waals surface area contributed by atoms with Gasteiger partial charge >= 0.3 is 0 Å². The van der Waals surface area contributed by atoms with Crippen LogP contribution in [-0.2, 0) is 6.42 Å². The first kappa shape index (κ1) is 16.8. The fourth-order valence-corrected chi connectivity index (χ4v) is 2.64. The molecule has 1 aromatic carbocycles. The molecule has 0 spiro atoms. The number of aryl methyl sites for hydroxylation is 1. The summed E-state index contributed by atoms with van der Waals surface area (Å²) in [6, 6.07) is 9.31. The number of anilines is 2. The van der Waals surface area contributed by atoms with Crippen LogP contribution in [0.4, 0.5) is 11.9 Å². The number of aliphatic hydroxyl groups excluding tert-OH is 1. The highest BCUT2D eigenvalue weighted by Crippen LogP contribution is 2.29. The van der Waals surface area contributed by atoms with Gasteiger partial charge in [0.25, 0.3) is 0 Å². The summed E-state index contributed by atoms with van der Waals surface area (Å²) >= 11 is 0. The van der Waals surface area contributed by atoms with Crippen LogP contribution in [0.15, 0.2) is 30.3 Å². The van der Waals surface area contributed by atoms with Crippen molar-refractivity contribution >= 4 is 11.9 Å². The Morgan fingerprint density at radius 2 is 1.64 bits per heavy atom. The molecule has 0 atom stereocenters. The van der Waals surface area contributed by atoms with Crippen LogP contribution in [0, 0.1) is 0 Å². The van der Waals surface area contributed by atoms with Crippen molar-refractivity contribution in [3.8, 4) is 17.3 Å². The van der Waals surface area contributed by atoms with E-state index in [0.717, 1.165) is 12.0 Å². The minimum Gasteiger partial charge on any atom is -0.368 e. The van der Waals surface area contributed by atoms with Gasteiger partial charge in [0.05, 0.1) is 5.69 Å². The van der Waals surface area contributed by atoms with Gasteiger partial charge in [-0.25, -0.2) is 4.98 Å². The van der Waals surface area contributed by atoms with Gasteiger partial charge in [0, 0.05) is 5.56 Å². The minimum absolute atomic E-state index is 0.0642. The number of nitrogen functional groups attached to an aromatic ring is 2. The topological polar surface area (TPSA) is 149 Å². The molecule has 0 aliphatic rings. The van der Waals surface area contributed by atoms with Crippen molar-refractivity contribution in [2.75, 3.05) is 11.5 Å². The van der Waals surface area contributed by atoms with E-state index >= 15 is 0 Å². The third kappa shape index (κ3) is 3.28. The maximum Gasteiger partial charge on any atom is 0.242 e. The lowest BCUT2D eigenvalue weighted by Crippen LogP contribution is -2.14. The second kappa shape index (κ2) is 6.83. The maximum absolute atomic E-state index is 9.93. The first-order valence-electron chi connectivity index (χ1n) is 7.81. The quantitative estimate of drug-likeness (QED) is 0.498. The maximum atomic E-state index is 9.93. The molecule has 0 aliphatic carbocycles. The lowest BCUT2D eigenvalue weighted by Gasteiger charge is -2.13. The normalized spacial score (nSPS) is 11.2. The summed E-state index contributed by atoms with van der Waals surface area (Å²) in [5, 5.41) is 19.9. The smallest absolute Gasteiger partial charge is 0.242 e. The predicted octanol–water partition coefficient (Wildman–Crippen LogP) is 0.824. The summed E-state index contributed by atoms with van der Waals surface area (Å²) in [4.78, 5) is 16.5. The number of hydrogen-bond acceptors (Lipinski definition) is 8. The van der Waals surface area contributed by atoms with Gasteiger partial charge in [-0.2, -0.15) is 15.0 Å². The summed E-state index contributed by atoms with van der Waals surface area (Å²) < 4.78 is 1.46. The monoisotopic (exact) mass is 341 g/mol. The Kier molecular flexibility index (Phi) is 4.59. The van der Waals surface area contributed by atoms with Crippen molar-refractivity contribution < 1.29 is 10.2 Å². The second-order valence-corrected chi connectivity index (χ2v) is 5.44. The molecule has 0 fully saturated rings.